The summed E-state index contributed by atoms with van der Waals surface area (Å²) in [5.74, 6) is 5.05. The third-order valence-corrected chi connectivity index (χ3v) is 1.77. The minimum atomic E-state index is -0.466. The Kier molecular flexibility index (Phi) is 3.27. The van der Waals surface area contributed by atoms with Gasteiger partial charge in [-0.3, -0.25) is 4.79 Å². The van der Waals surface area contributed by atoms with Crippen LogP contribution in [-0.2, 0) is 0 Å². The predicted octanol–water partition coefficient (Wildman–Crippen LogP) is 0.404. The Morgan fingerprint density at radius 3 is 2.79 bits per heavy atom. The third-order valence-electron chi connectivity index (χ3n) is 1.77. The van der Waals surface area contributed by atoms with Gasteiger partial charge in [0.15, 0.2) is 0 Å². The summed E-state index contributed by atoms with van der Waals surface area (Å²) in [6, 6.07) is 5.33. The van der Waals surface area contributed by atoms with E-state index in [0.717, 1.165) is 5.56 Å². The van der Waals surface area contributed by atoms with Gasteiger partial charge in [0.05, 0.1) is 12.1 Å². The first kappa shape index (κ1) is 10.3. The molecule has 1 aromatic carbocycles. The monoisotopic (exact) mass is 188 g/mol. The van der Waals surface area contributed by atoms with E-state index in [-0.39, 0.29) is 6.54 Å². The van der Waals surface area contributed by atoms with Gasteiger partial charge in [-0.05, 0) is 24.6 Å². The Bertz CT molecular complexity index is 413. The highest BCUT2D eigenvalue weighted by atomic mass is 16.1. The van der Waals surface area contributed by atoms with Crippen LogP contribution in [-0.4, -0.2) is 12.5 Å². The van der Waals surface area contributed by atoms with Gasteiger partial charge >= 0.3 is 0 Å². The third kappa shape index (κ3) is 2.35. The summed E-state index contributed by atoms with van der Waals surface area (Å²) >= 11 is 0. The summed E-state index contributed by atoms with van der Waals surface area (Å²) in [4.78, 5) is 11.0. The molecule has 1 rings (SSSR count). The Morgan fingerprint density at radius 1 is 1.50 bits per heavy atom. The largest absolute Gasteiger partial charge is 0.366 e. The van der Waals surface area contributed by atoms with E-state index in [1.807, 2.05) is 19.1 Å². The lowest BCUT2D eigenvalue weighted by Gasteiger charge is -2.00. The molecule has 4 N–H and O–H groups in total. The summed E-state index contributed by atoms with van der Waals surface area (Å²) in [5.41, 5.74) is 12.6. The number of hydrogen-bond acceptors (Lipinski definition) is 2. The lowest BCUT2D eigenvalue weighted by molar-refractivity contribution is 0.1000. The van der Waals surface area contributed by atoms with Crippen LogP contribution in [0.4, 0.5) is 0 Å². The fourth-order valence-electron chi connectivity index (χ4n) is 1.12. The van der Waals surface area contributed by atoms with Crippen molar-refractivity contribution in [3.63, 3.8) is 0 Å². The molecule has 0 bridgehead atoms. The molecule has 1 aromatic rings. The average Bonchev–Trinajstić information content (AvgIpc) is 2.14. The zero-order chi connectivity index (χ0) is 10.6. The Hall–Kier alpha value is -1.79. The van der Waals surface area contributed by atoms with Crippen LogP contribution in [0.15, 0.2) is 18.2 Å². The summed E-state index contributed by atoms with van der Waals surface area (Å²) < 4.78 is 0. The molecule has 0 saturated carbocycles. The molecular formula is C11H12N2O. The van der Waals surface area contributed by atoms with E-state index in [4.69, 9.17) is 11.5 Å². The number of primary amides is 1. The van der Waals surface area contributed by atoms with Crippen molar-refractivity contribution in [1.29, 1.82) is 0 Å². The second-order valence-electron chi connectivity index (χ2n) is 2.92. The molecule has 3 nitrogen and oxygen atoms in total. The van der Waals surface area contributed by atoms with Crippen LogP contribution in [0.1, 0.15) is 21.5 Å². The lowest BCUT2D eigenvalue weighted by Crippen LogP contribution is -2.12. The van der Waals surface area contributed by atoms with E-state index < -0.39 is 5.91 Å². The molecule has 0 heterocycles. The van der Waals surface area contributed by atoms with Gasteiger partial charge in [0.1, 0.15) is 0 Å². The van der Waals surface area contributed by atoms with Crippen LogP contribution in [0.5, 0.6) is 0 Å². The number of benzene rings is 1. The summed E-state index contributed by atoms with van der Waals surface area (Å²) in [6.07, 6.45) is 0. The van der Waals surface area contributed by atoms with E-state index in [9.17, 15) is 4.79 Å². The van der Waals surface area contributed by atoms with Crippen molar-refractivity contribution in [3.8, 4) is 11.8 Å². The zero-order valence-corrected chi connectivity index (χ0v) is 8.00. The summed E-state index contributed by atoms with van der Waals surface area (Å²) in [7, 11) is 0. The zero-order valence-electron chi connectivity index (χ0n) is 8.00. The van der Waals surface area contributed by atoms with Crippen LogP contribution in [0.3, 0.4) is 0 Å². The number of carbonyl (C=O) groups excluding carboxylic acids is 1. The summed E-state index contributed by atoms with van der Waals surface area (Å²) in [5, 5.41) is 0. The molecule has 3 heteroatoms. The molecule has 0 aliphatic carbocycles. The Morgan fingerprint density at radius 2 is 2.21 bits per heavy atom. The van der Waals surface area contributed by atoms with Crippen LogP contribution in [0.2, 0.25) is 0 Å². The van der Waals surface area contributed by atoms with Crippen molar-refractivity contribution in [2.24, 2.45) is 11.5 Å². The first-order valence-corrected chi connectivity index (χ1v) is 4.24. The minimum absolute atomic E-state index is 0.270. The van der Waals surface area contributed by atoms with E-state index >= 15 is 0 Å². The molecule has 0 aromatic heterocycles. The molecule has 1 amide bonds. The molecule has 0 spiro atoms. The molecule has 0 radical (unpaired) electrons. The minimum Gasteiger partial charge on any atom is -0.366 e. The highest BCUT2D eigenvalue weighted by molar-refractivity contribution is 5.95. The fraction of sp³-hybridized carbons (Fsp3) is 0.182. The van der Waals surface area contributed by atoms with Crippen molar-refractivity contribution in [2.45, 2.75) is 6.92 Å². The van der Waals surface area contributed by atoms with Gasteiger partial charge in [-0.2, -0.15) is 0 Å². The number of carbonyl (C=O) groups is 1. The van der Waals surface area contributed by atoms with Crippen molar-refractivity contribution in [2.75, 3.05) is 6.54 Å². The Labute approximate surface area is 83.1 Å². The highest BCUT2D eigenvalue weighted by Crippen LogP contribution is 2.09. The molecule has 0 saturated heterocycles. The molecule has 14 heavy (non-hydrogen) atoms. The smallest absolute Gasteiger partial charge is 0.249 e. The highest BCUT2D eigenvalue weighted by Gasteiger charge is 2.05. The molecule has 0 fully saturated rings. The van der Waals surface area contributed by atoms with Gasteiger partial charge in [0, 0.05) is 5.56 Å². The van der Waals surface area contributed by atoms with Crippen molar-refractivity contribution < 1.29 is 4.79 Å². The predicted molar refractivity (Wildman–Crippen MR) is 55.6 cm³/mol. The van der Waals surface area contributed by atoms with Gasteiger partial charge in [0.2, 0.25) is 5.91 Å². The molecule has 72 valence electrons. The van der Waals surface area contributed by atoms with Gasteiger partial charge in [-0.25, -0.2) is 0 Å². The first-order chi connectivity index (χ1) is 6.65. The van der Waals surface area contributed by atoms with Gasteiger partial charge in [0.25, 0.3) is 0 Å². The van der Waals surface area contributed by atoms with Crippen LogP contribution in [0, 0.1) is 18.8 Å². The average molecular weight is 188 g/mol. The number of nitrogens with two attached hydrogens (primary N) is 2. The van der Waals surface area contributed by atoms with Crippen molar-refractivity contribution >= 4 is 5.91 Å². The summed E-state index contributed by atoms with van der Waals surface area (Å²) in [6.45, 7) is 2.20. The van der Waals surface area contributed by atoms with E-state index in [0.29, 0.717) is 11.1 Å². The lowest BCUT2D eigenvalue weighted by atomic mass is 10.0. The standard InChI is InChI=1S/C11H12N2O/c1-8-4-5-10(11(13)14)9(7-8)3-2-6-12/h4-5,7H,6,12H2,1H3,(H2,13,14). The maximum Gasteiger partial charge on any atom is 0.249 e. The molecule has 0 atom stereocenters. The first-order valence-electron chi connectivity index (χ1n) is 4.24. The van der Waals surface area contributed by atoms with Crippen LogP contribution in [0.25, 0.3) is 0 Å². The van der Waals surface area contributed by atoms with E-state index in [1.54, 1.807) is 6.07 Å². The maximum absolute atomic E-state index is 11.0. The van der Waals surface area contributed by atoms with Gasteiger partial charge in [-0.1, -0.05) is 17.9 Å². The molecule has 0 unspecified atom stereocenters. The Balaban J connectivity index is 3.22. The van der Waals surface area contributed by atoms with Gasteiger partial charge in [-0.15, -0.1) is 0 Å². The topological polar surface area (TPSA) is 69.1 Å². The quantitative estimate of drug-likeness (QED) is 0.626. The van der Waals surface area contributed by atoms with E-state index in [2.05, 4.69) is 11.8 Å². The maximum atomic E-state index is 11.0. The van der Waals surface area contributed by atoms with E-state index in [1.165, 1.54) is 0 Å². The number of aryl methyl sites for hydroxylation is 1. The van der Waals surface area contributed by atoms with Crippen LogP contribution < -0.4 is 11.5 Å². The van der Waals surface area contributed by atoms with Crippen molar-refractivity contribution in [3.05, 3.63) is 34.9 Å². The number of hydrogen-bond donors (Lipinski definition) is 2. The normalized spacial score (nSPS) is 9.00. The molecular weight excluding hydrogens is 176 g/mol. The molecule has 0 aliphatic heterocycles. The van der Waals surface area contributed by atoms with Crippen LogP contribution >= 0.6 is 0 Å². The number of amides is 1. The molecule has 0 aliphatic rings. The number of rotatable bonds is 1. The fourth-order valence-corrected chi connectivity index (χ4v) is 1.12. The van der Waals surface area contributed by atoms with Gasteiger partial charge < -0.3 is 11.5 Å². The SMILES string of the molecule is Cc1ccc(C(N)=O)c(C#CCN)c1. The second kappa shape index (κ2) is 4.45. The second-order valence-corrected chi connectivity index (χ2v) is 2.92. The van der Waals surface area contributed by atoms with Crippen molar-refractivity contribution in [1.82, 2.24) is 0 Å².